The van der Waals surface area contributed by atoms with Gasteiger partial charge in [-0.15, -0.1) is 0 Å². The summed E-state index contributed by atoms with van der Waals surface area (Å²) in [5, 5.41) is 0.412. The number of amides is 1. The Morgan fingerprint density at radius 1 is 1.21 bits per heavy atom. The number of carbonyl (C=O) groups excluding carboxylic acids is 2. The Kier molecular flexibility index (Phi) is 8.47. The fourth-order valence-electron chi connectivity index (χ4n) is 3.03. The molecule has 0 unspecified atom stereocenters. The van der Waals surface area contributed by atoms with Crippen molar-refractivity contribution in [1.29, 1.82) is 0 Å². The number of carbonyl (C=O) groups is 2. The monoisotopic (exact) mass is 512 g/mol. The van der Waals surface area contributed by atoms with Gasteiger partial charge in [-0.05, 0) is 25.1 Å². The van der Waals surface area contributed by atoms with Crippen molar-refractivity contribution in [3.8, 4) is 5.75 Å². The van der Waals surface area contributed by atoms with Crippen LogP contribution in [-0.4, -0.2) is 62.7 Å². The zero-order valence-electron chi connectivity index (χ0n) is 18.8. The first kappa shape index (κ1) is 25.9. The maximum Gasteiger partial charge on any atom is 0.422 e. The van der Waals surface area contributed by atoms with Crippen LogP contribution in [0.15, 0.2) is 41.7 Å². The summed E-state index contributed by atoms with van der Waals surface area (Å²) in [6.45, 7) is 2.11. The number of alkyl halides is 3. The Labute approximate surface area is 203 Å². The molecule has 7 nitrogen and oxygen atoms in total. The first-order valence-corrected chi connectivity index (χ1v) is 12.2. The lowest BCUT2D eigenvalue weighted by Crippen LogP contribution is -2.33. The van der Waals surface area contributed by atoms with Gasteiger partial charge in [-0.1, -0.05) is 35.7 Å². The standard InChI is InChI=1S/C22H23F3N4O3S2/c1-14-17(26-9-8-19(14)32-13-22(23,24)25)12-34-20-27-16-6-4-5-7-18(16)29(20)21(31)28(3)10-11-33-15(2)30/h4-9H,10-13H2,1-3H3. The van der Waals surface area contributed by atoms with Crippen LogP contribution in [0.3, 0.4) is 0 Å². The second kappa shape index (κ2) is 11.1. The molecule has 0 bridgehead atoms. The number of rotatable bonds is 8. The van der Waals surface area contributed by atoms with E-state index in [0.717, 1.165) is 11.8 Å². The van der Waals surface area contributed by atoms with Crippen LogP contribution < -0.4 is 4.74 Å². The molecule has 0 N–H and O–H groups in total. The summed E-state index contributed by atoms with van der Waals surface area (Å²) < 4.78 is 44.0. The van der Waals surface area contributed by atoms with Crippen molar-refractivity contribution in [3.05, 3.63) is 47.8 Å². The molecule has 0 aliphatic heterocycles. The second-order valence-corrected chi connectivity index (χ2v) is 9.55. The first-order chi connectivity index (χ1) is 16.1. The molecule has 0 aliphatic rings. The third-order valence-electron chi connectivity index (χ3n) is 4.77. The van der Waals surface area contributed by atoms with E-state index in [9.17, 15) is 22.8 Å². The van der Waals surface area contributed by atoms with Crippen LogP contribution in [0.2, 0.25) is 0 Å². The highest BCUT2D eigenvalue weighted by atomic mass is 32.2. The summed E-state index contributed by atoms with van der Waals surface area (Å²) in [7, 11) is 1.65. The van der Waals surface area contributed by atoms with Crippen LogP contribution in [0.1, 0.15) is 18.2 Å². The molecule has 3 rings (SSSR count). The van der Waals surface area contributed by atoms with Crippen molar-refractivity contribution in [2.24, 2.45) is 0 Å². The Morgan fingerprint density at radius 2 is 1.94 bits per heavy atom. The lowest BCUT2D eigenvalue weighted by atomic mass is 10.2. The minimum atomic E-state index is -4.44. The average Bonchev–Trinajstić information content (AvgIpc) is 3.14. The van der Waals surface area contributed by atoms with Crippen LogP contribution >= 0.6 is 23.5 Å². The zero-order valence-corrected chi connectivity index (χ0v) is 20.4. The maximum absolute atomic E-state index is 13.2. The van der Waals surface area contributed by atoms with E-state index < -0.39 is 12.8 Å². The number of fused-ring (bicyclic) bond motifs is 1. The van der Waals surface area contributed by atoms with Crippen molar-refractivity contribution in [2.75, 3.05) is 26.0 Å². The second-order valence-electron chi connectivity index (χ2n) is 7.34. The Balaban J connectivity index is 1.82. The molecule has 1 aromatic carbocycles. The number of imidazole rings is 1. The molecule has 182 valence electrons. The largest absolute Gasteiger partial charge is 0.484 e. The molecule has 3 aromatic rings. The fraction of sp³-hybridized carbons (Fsp3) is 0.364. The third kappa shape index (κ3) is 6.66. The van der Waals surface area contributed by atoms with E-state index in [2.05, 4.69) is 9.97 Å². The van der Waals surface area contributed by atoms with Crippen LogP contribution in [0.4, 0.5) is 18.0 Å². The van der Waals surface area contributed by atoms with E-state index >= 15 is 0 Å². The van der Waals surface area contributed by atoms with E-state index in [1.807, 2.05) is 6.07 Å². The van der Waals surface area contributed by atoms with E-state index in [-0.39, 0.29) is 22.6 Å². The van der Waals surface area contributed by atoms with Crippen molar-refractivity contribution < 1.29 is 27.5 Å². The lowest BCUT2D eigenvalue weighted by Gasteiger charge is -2.18. The van der Waals surface area contributed by atoms with Gasteiger partial charge in [0.05, 0.1) is 16.7 Å². The molecule has 2 aromatic heterocycles. The molecule has 0 saturated carbocycles. The Hall–Kier alpha value is -2.73. The Morgan fingerprint density at radius 3 is 2.65 bits per heavy atom. The fourth-order valence-corrected chi connectivity index (χ4v) is 4.71. The predicted octanol–water partition coefficient (Wildman–Crippen LogP) is 5.15. The van der Waals surface area contributed by atoms with Crippen molar-refractivity contribution in [2.45, 2.75) is 30.9 Å². The normalized spacial score (nSPS) is 11.6. The van der Waals surface area contributed by atoms with Crippen molar-refractivity contribution in [1.82, 2.24) is 19.4 Å². The van der Waals surface area contributed by atoms with E-state index in [1.54, 1.807) is 32.2 Å². The number of halogens is 3. The number of para-hydroxylation sites is 2. The maximum atomic E-state index is 13.2. The summed E-state index contributed by atoms with van der Waals surface area (Å²) >= 11 is 2.40. The molecule has 34 heavy (non-hydrogen) atoms. The molecule has 0 fully saturated rings. The molecule has 0 radical (unpaired) electrons. The summed E-state index contributed by atoms with van der Waals surface area (Å²) in [4.78, 5) is 34.8. The predicted molar refractivity (Wildman–Crippen MR) is 126 cm³/mol. The zero-order chi connectivity index (χ0) is 24.9. The van der Waals surface area contributed by atoms with Gasteiger partial charge in [0, 0.05) is 43.8 Å². The number of thioether (sulfide) groups is 2. The molecule has 0 atom stereocenters. The number of pyridine rings is 1. The first-order valence-electron chi connectivity index (χ1n) is 10.2. The van der Waals surface area contributed by atoms with Crippen molar-refractivity contribution in [3.63, 3.8) is 0 Å². The highest BCUT2D eigenvalue weighted by Gasteiger charge is 2.29. The third-order valence-corrected chi connectivity index (χ3v) is 6.51. The number of aromatic nitrogens is 3. The van der Waals surface area contributed by atoms with E-state index in [4.69, 9.17) is 4.74 Å². The minimum absolute atomic E-state index is 0.0190. The van der Waals surface area contributed by atoms with E-state index in [0.29, 0.717) is 39.7 Å². The number of nitrogens with zero attached hydrogens (tertiary/aromatic N) is 4. The van der Waals surface area contributed by atoms with Crippen LogP contribution in [0.25, 0.3) is 11.0 Å². The molecule has 0 spiro atoms. The molecule has 2 heterocycles. The molecular formula is C22H23F3N4O3S2. The minimum Gasteiger partial charge on any atom is -0.484 e. The summed E-state index contributed by atoms with van der Waals surface area (Å²) in [5.41, 5.74) is 2.29. The van der Waals surface area contributed by atoms with Crippen LogP contribution in [0.5, 0.6) is 5.75 Å². The smallest absolute Gasteiger partial charge is 0.422 e. The van der Waals surface area contributed by atoms with Gasteiger partial charge >= 0.3 is 12.2 Å². The van der Waals surface area contributed by atoms with Crippen molar-refractivity contribution >= 4 is 45.7 Å². The SMILES string of the molecule is CC(=O)SCCN(C)C(=O)n1c(SCc2nccc(OCC(F)(F)F)c2C)nc2ccccc21. The lowest BCUT2D eigenvalue weighted by molar-refractivity contribution is -0.153. The molecule has 12 heteroatoms. The number of ether oxygens (including phenoxy) is 1. The highest BCUT2D eigenvalue weighted by molar-refractivity contribution is 8.13. The Bertz CT molecular complexity index is 1180. The van der Waals surface area contributed by atoms with Gasteiger partial charge in [0.25, 0.3) is 0 Å². The van der Waals surface area contributed by atoms with Gasteiger partial charge in [-0.3, -0.25) is 9.78 Å². The molecule has 0 saturated heterocycles. The van der Waals surface area contributed by atoms with Gasteiger partial charge in [-0.2, -0.15) is 13.2 Å². The van der Waals surface area contributed by atoms with Gasteiger partial charge < -0.3 is 9.64 Å². The van der Waals surface area contributed by atoms with Gasteiger partial charge in [0.1, 0.15) is 5.75 Å². The van der Waals surface area contributed by atoms with Gasteiger partial charge in [0.2, 0.25) is 0 Å². The highest BCUT2D eigenvalue weighted by Crippen LogP contribution is 2.30. The summed E-state index contributed by atoms with van der Waals surface area (Å²) in [6, 6.07) is 8.30. The number of hydrogen-bond donors (Lipinski definition) is 0. The van der Waals surface area contributed by atoms with Gasteiger partial charge in [0.15, 0.2) is 16.9 Å². The topological polar surface area (TPSA) is 77.3 Å². The molecular weight excluding hydrogens is 489 g/mol. The average molecular weight is 513 g/mol. The van der Waals surface area contributed by atoms with Crippen LogP contribution in [-0.2, 0) is 10.5 Å². The molecule has 0 aliphatic carbocycles. The van der Waals surface area contributed by atoms with E-state index in [1.165, 1.54) is 40.4 Å². The number of benzene rings is 1. The summed E-state index contributed by atoms with van der Waals surface area (Å²) in [6.07, 6.45) is -3.05. The number of hydrogen-bond acceptors (Lipinski definition) is 7. The van der Waals surface area contributed by atoms with Gasteiger partial charge in [-0.25, -0.2) is 14.3 Å². The molecule has 1 amide bonds. The summed E-state index contributed by atoms with van der Waals surface area (Å²) in [5.74, 6) is 0.853. The quantitative estimate of drug-likeness (QED) is 0.386. The van der Waals surface area contributed by atoms with Crippen LogP contribution in [0, 0.1) is 6.92 Å².